The van der Waals surface area contributed by atoms with Crippen LogP contribution in [0.2, 0.25) is 0 Å². The molecule has 2 heterocycles. The second kappa shape index (κ2) is 6.76. The van der Waals surface area contributed by atoms with Gasteiger partial charge in [0.25, 0.3) is 5.91 Å². The van der Waals surface area contributed by atoms with Crippen molar-refractivity contribution in [3.8, 4) is 0 Å². The topological polar surface area (TPSA) is 75.4 Å². The average Bonchev–Trinajstić information content (AvgIpc) is 3.11. The first-order valence-electron chi connectivity index (χ1n) is 8.02. The number of rotatable bonds is 4. The normalized spacial score (nSPS) is 16.5. The number of aromatic nitrogens is 1. The highest BCUT2D eigenvalue weighted by molar-refractivity contribution is 7.14. The molecule has 0 aromatic carbocycles. The van der Waals surface area contributed by atoms with Crippen LogP contribution in [0.25, 0.3) is 0 Å². The smallest absolute Gasteiger partial charge is 0.264 e. The van der Waals surface area contributed by atoms with Crippen LogP contribution in [0.15, 0.2) is 16.7 Å². The predicted octanol–water partition coefficient (Wildman–Crippen LogP) is 2.88. The number of carbonyl (C=O) groups is 2. The lowest BCUT2D eigenvalue weighted by Crippen LogP contribution is -2.34. The molecule has 2 aromatic rings. The fourth-order valence-electron chi connectivity index (χ4n) is 2.89. The standard InChI is InChI=1S/C17H21N3O3S/c1-10-4-5-13-12(6-10)8-14(24-13)17(22)20(3)9-16(21)18-15-7-11(2)23-19-15/h7-8,10H,4-6,9H2,1-3H3,(H,18,19,21). The Labute approximate surface area is 144 Å². The third-order valence-electron chi connectivity index (χ3n) is 4.16. The number of anilines is 1. The monoisotopic (exact) mass is 347 g/mol. The highest BCUT2D eigenvalue weighted by Gasteiger charge is 2.23. The van der Waals surface area contributed by atoms with Gasteiger partial charge in [0, 0.05) is 18.0 Å². The van der Waals surface area contributed by atoms with Crippen LogP contribution in [0.1, 0.15) is 39.2 Å². The molecule has 0 radical (unpaired) electrons. The lowest BCUT2D eigenvalue weighted by molar-refractivity contribution is -0.116. The molecule has 0 saturated heterocycles. The van der Waals surface area contributed by atoms with Gasteiger partial charge in [-0.1, -0.05) is 12.1 Å². The van der Waals surface area contributed by atoms with Crippen LogP contribution < -0.4 is 5.32 Å². The van der Waals surface area contributed by atoms with E-state index in [1.807, 2.05) is 6.07 Å². The molecule has 1 unspecified atom stereocenters. The molecular weight excluding hydrogens is 326 g/mol. The Kier molecular flexibility index (Phi) is 4.71. The van der Waals surface area contributed by atoms with Crippen LogP contribution in [0.5, 0.6) is 0 Å². The Morgan fingerprint density at radius 3 is 2.96 bits per heavy atom. The molecule has 0 bridgehead atoms. The third-order valence-corrected chi connectivity index (χ3v) is 5.39. The fourth-order valence-corrected chi connectivity index (χ4v) is 4.10. The highest BCUT2D eigenvalue weighted by Crippen LogP contribution is 2.32. The van der Waals surface area contributed by atoms with Gasteiger partial charge in [-0.2, -0.15) is 0 Å². The first kappa shape index (κ1) is 16.7. The van der Waals surface area contributed by atoms with E-state index >= 15 is 0 Å². The number of nitrogens with zero attached hydrogens (tertiary/aromatic N) is 2. The second-order valence-corrected chi connectivity index (χ2v) is 7.58. The predicted molar refractivity (Wildman–Crippen MR) is 92.3 cm³/mol. The van der Waals surface area contributed by atoms with Crippen molar-refractivity contribution in [1.82, 2.24) is 10.1 Å². The number of amides is 2. The molecule has 0 spiro atoms. The number of hydrogen-bond acceptors (Lipinski definition) is 5. The molecule has 7 heteroatoms. The minimum absolute atomic E-state index is 0.0241. The molecule has 1 aliphatic rings. The van der Waals surface area contributed by atoms with Crippen LogP contribution in [0.3, 0.4) is 0 Å². The third kappa shape index (κ3) is 3.67. The van der Waals surface area contributed by atoms with Crippen molar-refractivity contribution in [2.75, 3.05) is 18.9 Å². The van der Waals surface area contributed by atoms with E-state index in [0.717, 1.165) is 12.8 Å². The summed E-state index contributed by atoms with van der Waals surface area (Å²) in [5.74, 6) is 1.24. The molecule has 1 N–H and O–H groups in total. The van der Waals surface area contributed by atoms with Crippen molar-refractivity contribution in [2.24, 2.45) is 5.92 Å². The van der Waals surface area contributed by atoms with E-state index in [4.69, 9.17) is 4.52 Å². The molecule has 24 heavy (non-hydrogen) atoms. The molecule has 128 valence electrons. The number of thiophene rings is 1. The van der Waals surface area contributed by atoms with Gasteiger partial charge in [-0.3, -0.25) is 9.59 Å². The molecule has 0 fully saturated rings. The summed E-state index contributed by atoms with van der Waals surface area (Å²) >= 11 is 1.56. The molecular formula is C17H21N3O3S. The van der Waals surface area contributed by atoms with Crippen LogP contribution in [0.4, 0.5) is 5.82 Å². The van der Waals surface area contributed by atoms with Crippen molar-refractivity contribution in [3.63, 3.8) is 0 Å². The molecule has 1 aliphatic carbocycles. The zero-order chi connectivity index (χ0) is 17.3. The van der Waals surface area contributed by atoms with Crippen LogP contribution in [0, 0.1) is 12.8 Å². The number of fused-ring (bicyclic) bond motifs is 1. The van der Waals surface area contributed by atoms with Gasteiger partial charge >= 0.3 is 0 Å². The van der Waals surface area contributed by atoms with E-state index < -0.39 is 0 Å². The Morgan fingerprint density at radius 2 is 2.25 bits per heavy atom. The van der Waals surface area contributed by atoms with Gasteiger partial charge in [0.05, 0.1) is 11.4 Å². The largest absolute Gasteiger partial charge is 0.360 e. The summed E-state index contributed by atoms with van der Waals surface area (Å²) in [6.45, 7) is 3.96. The quantitative estimate of drug-likeness (QED) is 0.923. The molecule has 2 amide bonds. The number of likely N-dealkylation sites (N-methyl/N-ethyl adjacent to an activating group) is 1. The van der Waals surface area contributed by atoms with Gasteiger partial charge in [0.2, 0.25) is 5.91 Å². The van der Waals surface area contributed by atoms with E-state index in [-0.39, 0.29) is 18.4 Å². The molecule has 0 aliphatic heterocycles. The van der Waals surface area contributed by atoms with Gasteiger partial charge in [-0.25, -0.2) is 0 Å². The molecule has 2 aromatic heterocycles. The van der Waals surface area contributed by atoms with Crippen molar-refractivity contribution in [3.05, 3.63) is 33.2 Å². The Balaban J connectivity index is 1.61. The van der Waals surface area contributed by atoms with E-state index in [0.29, 0.717) is 22.4 Å². The Morgan fingerprint density at radius 1 is 1.46 bits per heavy atom. The highest BCUT2D eigenvalue weighted by atomic mass is 32.1. The van der Waals surface area contributed by atoms with Gasteiger partial charge in [-0.15, -0.1) is 11.3 Å². The zero-order valence-corrected chi connectivity index (χ0v) is 14.9. The SMILES string of the molecule is Cc1cc(NC(=O)CN(C)C(=O)c2cc3c(s2)CCC(C)C3)no1. The van der Waals surface area contributed by atoms with Crippen molar-refractivity contribution < 1.29 is 14.1 Å². The first-order chi connectivity index (χ1) is 11.4. The molecule has 3 rings (SSSR count). The van der Waals surface area contributed by atoms with Crippen molar-refractivity contribution in [1.29, 1.82) is 0 Å². The van der Waals surface area contributed by atoms with Gasteiger partial charge in [0.1, 0.15) is 5.76 Å². The lowest BCUT2D eigenvalue weighted by atomic mass is 9.90. The fraction of sp³-hybridized carbons (Fsp3) is 0.471. The maximum atomic E-state index is 12.6. The number of nitrogens with one attached hydrogen (secondary N) is 1. The molecule has 0 saturated carbocycles. The second-order valence-electron chi connectivity index (χ2n) is 6.44. The molecule has 1 atom stereocenters. The lowest BCUT2D eigenvalue weighted by Gasteiger charge is -2.16. The summed E-state index contributed by atoms with van der Waals surface area (Å²) in [7, 11) is 1.64. The van der Waals surface area contributed by atoms with Crippen LogP contribution >= 0.6 is 11.3 Å². The Hall–Kier alpha value is -2.15. The summed E-state index contributed by atoms with van der Waals surface area (Å²) in [5.41, 5.74) is 1.29. The van der Waals surface area contributed by atoms with Gasteiger partial charge in [-0.05, 0) is 43.7 Å². The van der Waals surface area contributed by atoms with Gasteiger partial charge in [0.15, 0.2) is 5.82 Å². The molecule has 6 nitrogen and oxygen atoms in total. The van der Waals surface area contributed by atoms with Crippen LogP contribution in [-0.2, 0) is 17.6 Å². The summed E-state index contributed by atoms with van der Waals surface area (Å²) in [6.07, 6.45) is 3.26. The number of carbonyl (C=O) groups excluding carboxylic acids is 2. The number of hydrogen-bond donors (Lipinski definition) is 1. The summed E-state index contributed by atoms with van der Waals surface area (Å²) < 4.78 is 4.90. The van der Waals surface area contributed by atoms with E-state index in [9.17, 15) is 9.59 Å². The minimum Gasteiger partial charge on any atom is -0.360 e. The van der Waals surface area contributed by atoms with E-state index in [2.05, 4.69) is 17.4 Å². The summed E-state index contributed by atoms with van der Waals surface area (Å²) in [5, 5.41) is 6.33. The first-order valence-corrected chi connectivity index (χ1v) is 8.84. The van der Waals surface area contributed by atoms with E-state index in [1.54, 1.807) is 31.4 Å². The number of aryl methyl sites for hydroxylation is 2. The summed E-state index contributed by atoms with van der Waals surface area (Å²) in [6, 6.07) is 3.63. The maximum Gasteiger partial charge on any atom is 0.264 e. The maximum absolute atomic E-state index is 12.6. The van der Waals surface area contributed by atoms with Crippen molar-refractivity contribution >= 4 is 29.0 Å². The zero-order valence-electron chi connectivity index (χ0n) is 14.1. The minimum atomic E-state index is -0.297. The van der Waals surface area contributed by atoms with Gasteiger partial charge < -0.3 is 14.7 Å². The van der Waals surface area contributed by atoms with Crippen LogP contribution in [-0.4, -0.2) is 35.5 Å². The average molecular weight is 347 g/mol. The van der Waals surface area contributed by atoms with Crippen molar-refractivity contribution in [2.45, 2.75) is 33.1 Å². The summed E-state index contributed by atoms with van der Waals surface area (Å²) in [4.78, 5) is 28.0. The van der Waals surface area contributed by atoms with E-state index in [1.165, 1.54) is 21.8 Å². The Bertz CT molecular complexity index is 765.